The highest BCUT2D eigenvalue weighted by molar-refractivity contribution is 7.11. The van der Waals surface area contributed by atoms with Gasteiger partial charge in [-0.15, -0.1) is 29.3 Å². The third kappa shape index (κ3) is 4.06. The number of hydrogen-bond donors (Lipinski definition) is 1. The largest absolute Gasteiger partial charge is 0.467 e. The molecular weight excluding hydrogens is 394 g/mol. The fourth-order valence-electron chi connectivity index (χ4n) is 2.52. The van der Waals surface area contributed by atoms with E-state index in [1.807, 2.05) is 24.4 Å². The summed E-state index contributed by atoms with van der Waals surface area (Å²) in [5.74, 6) is 0.0133. The molecule has 3 aromatic rings. The van der Waals surface area contributed by atoms with Crippen LogP contribution in [0.2, 0.25) is 0 Å². The first kappa shape index (κ1) is 19.6. The summed E-state index contributed by atoms with van der Waals surface area (Å²) < 4.78 is 7.36. The zero-order chi connectivity index (χ0) is 20.1. The van der Waals surface area contributed by atoms with Crippen molar-refractivity contribution in [1.29, 1.82) is 5.26 Å². The molecule has 0 aliphatic carbocycles. The number of thiophene rings is 1. The Labute approximate surface area is 169 Å². The van der Waals surface area contributed by atoms with E-state index in [0.29, 0.717) is 15.0 Å². The van der Waals surface area contributed by atoms with Crippen LogP contribution in [0.5, 0.6) is 0 Å². The van der Waals surface area contributed by atoms with Gasteiger partial charge in [0, 0.05) is 11.4 Å². The van der Waals surface area contributed by atoms with Gasteiger partial charge in [-0.1, -0.05) is 6.08 Å². The Balaban J connectivity index is 2.10. The molecular formula is C20H17N3O3S2. The number of carbonyl (C=O) groups is 1. The number of allylic oxidation sites excluding steroid dienone is 1. The van der Waals surface area contributed by atoms with Gasteiger partial charge in [0.05, 0.1) is 17.3 Å². The minimum Gasteiger partial charge on any atom is -0.467 e. The van der Waals surface area contributed by atoms with E-state index in [2.05, 4.69) is 11.9 Å². The topological polar surface area (TPSA) is 88.0 Å². The van der Waals surface area contributed by atoms with Gasteiger partial charge < -0.3 is 9.73 Å². The Bertz CT molecular complexity index is 1220. The third-order valence-corrected chi connectivity index (χ3v) is 6.04. The number of hydrogen-bond acceptors (Lipinski definition) is 6. The molecule has 0 bridgehead atoms. The van der Waals surface area contributed by atoms with E-state index in [9.17, 15) is 14.9 Å². The number of aromatic nitrogens is 1. The zero-order valence-electron chi connectivity index (χ0n) is 15.1. The van der Waals surface area contributed by atoms with Crippen LogP contribution in [-0.2, 0) is 17.9 Å². The molecule has 3 aromatic heterocycles. The van der Waals surface area contributed by atoms with E-state index in [1.54, 1.807) is 24.3 Å². The van der Waals surface area contributed by atoms with Gasteiger partial charge in [0.2, 0.25) is 0 Å². The summed E-state index contributed by atoms with van der Waals surface area (Å²) in [5.41, 5.74) is 0.702. The Morgan fingerprint density at radius 1 is 1.46 bits per heavy atom. The molecule has 28 heavy (non-hydrogen) atoms. The second-order valence-corrected chi connectivity index (χ2v) is 7.82. The number of nitrogens with zero attached hydrogens (tertiary/aromatic N) is 2. The van der Waals surface area contributed by atoms with Crippen molar-refractivity contribution in [3.8, 4) is 6.07 Å². The van der Waals surface area contributed by atoms with E-state index in [4.69, 9.17) is 4.42 Å². The van der Waals surface area contributed by atoms with Crippen LogP contribution in [0.15, 0.2) is 51.7 Å². The van der Waals surface area contributed by atoms with Gasteiger partial charge in [0.25, 0.3) is 11.5 Å². The molecule has 0 spiro atoms. The predicted octanol–water partition coefficient (Wildman–Crippen LogP) is 1.88. The van der Waals surface area contributed by atoms with Gasteiger partial charge in [-0.05, 0) is 42.1 Å². The summed E-state index contributed by atoms with van der Waals surface area (Å²) in [6, 6.07) is 7.35. The molecule has 0 aliphatic heterocycles. The summed E-state index contributed by atoms with van der Waals surface area (Å²) in [7, 11) is 0. The quantitative estimate of drug-likeness (QED) is 0.628. The number of amides is 1. The summed E-state index contributed by atoms with van der Waals surface area (Å²) in [4.78, 5) is 26.4. The van der Waals surface area contributed by atoms with Crippen LogP contribution in [0.25, 0.3) is 11.6 Å². The van der Waals surface area contributed by atoms with Gasteiger partial charge in [0.1, 0.15) is 16.5 Å². The molecule has 0 atom stereocenters. The lowest BCUT2D eigenvalue weighted by atomic mass is 10.3. The van der Waals surface area contributed by atoms with Crippen molar-refractivity contribution in [1.82, 2.24) is 9.88 Å². The van der Waals surface area contributed by atoms with Crippen molar-refractivity contribution >= 4 is 40.2 Å². The van der Waals surface area contributed by atoms with E-state index >= 15 is 0 Å². The number of rotatable bonds is 6. The Kier molecular flexibility index (Phi) is 6.09. The lowest BCUT2D eigenvalue weighted by Crippen LogP contribution is -2.34. The number of aryl methyl sites for hydroxylation is 1. The minimum absolute atomic E-state index is 0.113. The third-order valence-electron chi connectivity index (χ3n) is 3.94. The van der Waals surface area contributed by atoms with Crippen LogP contribution >= 0.6 is 22.7 Å². The normalized spacial score (nSPS) is 12.5. The molecule has 6 nitrogen and oxygen atoms in total. The standard InChI is InChI=1S/C20H17N3O3S2/c1-3-7-23-19(25)17(10-16-13(2)6-9-27-16)28-20(23)15(11-21)18(24)22-12-14-5-4-8-26-14/h3-6,8-10H,1,7,12H2,2H3,(H,22,24)/b17-10-,20-15+. The molecule has 3 heterocycles. The van der Waals surface area contributed by atoms with Gasteiger partial charge in [-0.2, -0.15) is 5.26 Å². The summed E-state index contributed by atoms with van der Waals surface area (Å²) in [5, 5.41) is 14.2. The van der Waals surface area contributed by atoms with Crippen molar-refractivity contribution in [2.24, 2.45) is 0 Å². The molecule has 1 amide bonds. The fraction of sp³-hybridized carbons (Fsp3) is 0.150. The van der Waals surface area contributed by atoms with E-state index in [1.165, 1.54) is 22.2 Å². The lowest BCUT2D eigenvalue weighted by molar-refractivity contribution is -0.115. The van der Waals surface area contributed by atoms with Gasteiger partial charge in [-0.3, -0.25) is 14.2 Å². The smallest absolute Gasteiger partial charge is 0.269 e. The fourth-order valence-corrected chi connectivity index (χ4v) is 4.54. The Hall–Kier alpha value is -3.15. The molecule has 0 aliphatic rings. The van der Waals surface area contributed by atoms with Crippen molar-refractivity contribution in [3.63, 3.8) is 0 Å². The molecule has 142 valence electrons. The monoisotopic (exact) mass is 411 g/mol. The highest BCUT2D eigenvalue weighted by Gasteiger charge is 2.16. The van der Waals surface area contributed by atoms with E-state index in [-0.39, 0.29) is 24.2 Å². The second-order valence-electron chi connectivity index (χ2n) is 5.84. The van der Waals surface area contributed by atoms with Crippen molar-refractivity contribution in [2.45, 2.75) is 20.0 Å². The van der Waals surface area contributed by atoms with Crippen LogP contribution in [0.3, 0.4) is 0 Å². The zero-order valence-corrected chi connectivity index (χ0v) is 16.7. The minimum atomic E-state index is -0.559. The first-order valence-corrected chi connectivity index (χ1v) is 10.1. The van der Waals surface area contributed by atoms with Gasteiger partial charge in [-0.25, -0.2) is 0 Å². The van der Waals surface area contributed by atoms with Gasteiger partial charge >= 0.3 is 0 Å². The summed E-state index contributed by atoms with van der Waals surface area (Å²) >= 11 is 2.66. The van der Waals surface area contributed by atoms with Crippen molar-refractivity contribution in [2.75, 3.05) is 0 Å². The maximum atomic E-state index is 12.8. The molecule has 3 rings (SSSR count). The first-order chi connectivity index (χ1) is 13.5. The van der Waals surface area contributed by atoms with Crippen LogP contribution in [0.1, 0.15) is 16.2 Å². The number of furan rings is 1. The molecule has 1 N–H and O–H groups in total. The van der Waals surface area contributed by atoms with Crippen LogP contribution in [0.4, 0.5) is 0 Å². The lowest BCUT2D eigenvalue weighted by Gasteiger charge is -2.02. The SMILES string of the molecule is C=CCn1c(=O)/c(=C/c2sccc2C)s/c1=C(\C#N)C(=O)NCc1ccco1. The summed E-state index contributed by atoms with van der Waals surface area (Å²) in [6.45, 7) is 6.00. The molecule has 8 heteroatoms. The number of carbonyl (C=O) groups excluding carboxylic acids is 1. The van der Waals surface area contributed by atoms with Crippen LogP contribution in [0, 0.1) is 18.3 Å². The number of nitrogens with one attached hydrogen (secondary N) is 1. The molecule has 0 saturated heterocycles. The van der Waals surface area contributed by atoms with Crippen LogP contribution in [-0.4, -0.2) is 10.5 Å². The van der Waals surface area contributed by atoms with E-state index in [0.717, 1.165) is 21.8 Å². The average Bonchev–Trinajstić information content (AvgIpc) is 3.40. The molecule has 0 aromatic carbocycles. The van der Waals surface area contributed by atoms with Crippen LogP contribution < -0.4 is 20.1 Å². The number of nitriles is 1. The van der Waals surface area contributed by atoms with Gasteiger partial charge in [0.15, 0.2) is 5.57 Å². The second kappa shape index (κ2) is 8.69. The molecule has 0 radical (unpaired) electrons. The maximum absolute atomic E-state index is 12.8. The van der Waals surface area contributed by atoms with E-state index < -0.39 is 5.91 Å². The maximum Gasteiger partial charge on any atom is 0.269 e. The Morgan fingerprint density at radius 3 is 2.89 bits per heavy atom. The molecule has 0 unspecified atom stereocenters. The van der Waals surface area contributed by atoms with Crippen molar-refractivity contribution < 1.29 is 9.21 Å². The predicted molar refractivity (Wildman–Crippen MR) is 110 cm³/mol. The number of thiazole rings is 1. The van der Waals surface area contributed by atoms with Crippen molar-refractivity contribution in [3.05, 3.63) is 78.2 Å². The molecule has 0 fully saturated rings. The first-order valence-electron chi connectivity index (χ1n) is 8.36. The Morgan fingerprint density at radius 2 is 2.29 bits per heavy atom. The molecule has 0 saturated carbocycles. The highest BCUT2D eigenvalue weighted by Crippen LogP contribution is 2.15. The highest BCUT2D eigenvalue weighted by atomic mass is 32.1. The summed E-state index contributed by atoms with van der Waals surface area (Å²) in [6.07, 6.45) is 4.87. The average molecular weight is 412 g/mol.